The van der Waals surface area contributed by atoms with Crippen LogP contribution in [0.25, 0.3) is 0 Å². The van der Waals surface area contributed by atoms with Crippen LogP contribution in [0.1, 0.15) is 22.3 Å². The summed E-state index contributed by atoms with van der Waals surface area (Å²) < 4.78 is 5.80. The van der Waals surface area contributed by atoms with Crippen molar-refractivity contribution in [2.24, 2.45) is 5.16 Å². The number of rotatable bonds is 9. The van der Waals surface area contributed by atoms with Crippen molar-refractivity contribution in [3.8, 4) is 5.88 Å². The lowest BCUT2D eigenvalue weighted by Gasteiger charge is -2.27. The van der Waals surface area contributed by atoms with Gasteiger partial charge in [-0.05, 0) is 17.2 Å². The van der Waals surface area contributed by atoms with Crippen LogP contribution >= 0.6 is 11.6 Å². The molecule has 3 N–H and O–H groups in total. The Bertz CT molecular complexity index is 1140. The molecule has 1 heterocycles. The van der Waals surface area contributed by atoms with Gasteiger partial charge in [-0.25, -0.2) is 4.98 Å². The number of hydrogen-bond acceptors (Lipinski definition) is 7. The molecule has 1 aromatic heterocycles. The highest BCUT2D eigenvalue weighted by atomic mass is 35.5. The Morgan fingerprint density at radius 2 is 1.85 bits per heavy atom. The lowest BCUT2D eigenvalue weighted by atomic mass is 9.88. The number of aromatic nitrogens is 1. The summed E-state index contributed by atoms with van der Waals surface area (Å²) >= 11 is 6.38. The van der Waals surface area contributed by atoms with E-state index < -0.39 is 18.1 Å². The van der Waals surface area contributed by atoms with Crippen molar-refractivity contribution in [1.82, 2.24) is 10.3 Å². The Kier molecular flexibility index (Phi) is 8.00. The SMILES string of the molecule is CNC(=O)C(=NOC)c1ccccc1COc1ncc(C(O)(CO)c2ccccc2)cc1Cl. The number of aliphatic hydroxyl groups is 2. The summed E-state index contributed by atoms with van der Waals surface area (Å²) in [5.74, 6) is -0.275. The molecule has 8 nitrogen and oxygen atoms in total. The number of hydrogen-bond donors (Lipinski definition) is 3. The van der Waals surface area contributed by atoms with Gasteiger partial charge in [0.1, 0.15) is 24.3 Å². The monoisotopic (exact) mass is 469 g/mol. The van der Waals surface area contributed by atoms with E-state index in [0.29, 0.717) is 22.3 Å². The normalized spacial score (nSPS) is 13.2. The minimum atomic E-state index is -1.66. The molecular formula is C24H24ClN3O5. The third-order valence-electron chi connectivity index (χ3n) is 5.03. The van der Waals surface area contributed by atoms with E-state index in [1.54, 1.807) is 48.5 Å². The molecule has 0 aliphatic heterocycles. The molecule has 0 bridgehead atoms. The Morgan fingerprint density at radius 1 is 1.15 bits per heavy atom. The largest absolute Gasteiger partial charge is 0.472 e. The van der Waals surface area contributed by atoms with Crippen LogP contribution in [0.5, 0.6) is 5.88 Å². The molecule has 1 amide bonds. The second-order valence-corrected chi connectivity index (χ2v) is 7.45. The molecular weight excluding hydrogens is 446 g/mol. The maximum Gasteiger partial charge on any atom is 0.273 e. The standard InChI is InChI=1S/C24H24ClN3O5/c1-26-22(30)21(28-32-2)19-11-7-6-8-16(19)14-33-23-20(25)12-18(13-27-23)24(31,15-29)17-9-4-3-5-10-17/h3-13,29,31H,14-15H2,1-2H3,(H,26,30). The fourth-order valence-electron chi connectivity index (χ4n) is 3.27. The van der Waals surface area contributed by atoms with Gasteiger partial charge in [-0.2, -0.15) is 0 Å². The van der Waals surface area contributed by atoms with Gasteiger partial charge in [-0.3, -0.25) is 4.79 Å². The number of nitrogens with zero attached hydrogens (tertiary/aromatic N) is 2. The molecule has 1 unspecified atom stereocenters. The number of oxime groups is 1. The highest BCUT2D eigenvalue weighted by molar-refractivity contribution is 6.45. The highest BCUT2D eigenvalue weighted by Crippen LogP contribution is 2.33. The van der Waals surface area contributed by atoms with E-state index in [4.69, 9.17) is 21.2 Å². The van der Waals surface area contributed by atoms with E-state index in [1.807, 2.05) is 6.07 Å². The predicted molar refractivity (Wildman–Crippen MR) is 124 cm³/mol. The minimum Gasteiger partial charge on any atom is -0.472 e. The van der Waals surface area contributed by atoms with Gasteiger partial charge in [0.05, 0.1) is 6.61 Å². The smallest absolute Gasteiger partial charge is 0.273 e. The zero-order chi connectivity index (χ0) is 23.8. The summed E-state index contributed by atoms with van der Waals surface area (Å²) in [6.07, 6.45) is 1.40. The number of likely N-dealkylation sites (N-methyl/N-ethyl adjacent to an activating group) is 1. The van der Waals surface area contributed by atoms with Gasteiger partial charge in [0.25, 0.3) is 5.91 Å². The predicted octanol–water partition coefficient (Wildman–Crippen LogP) is 2.64. The number of carbonyl (C=O) groups is 1. The first-order valence-corrected chi connectivity index (χ1v) is 10.4. The van der Waals surface area contributed by atoms with Crippen LogP contribution in [0.4, 0.5) is 0 Å². The summed E-state index contributed by atoms with van der Waals surface area (Å²) in [5, 5.41) is 27.5. The van der Waals surface area contributed by atoms with Gasteiger partial charge < -0.3 is 25.1 Å². The van der Waals surface area contributed by atoms with E-state index in [-0.39, 0.29) is 23.2 Å². The Balaban J connectivity index is 1.86. The second-order valence-electron chi connectivity index (χ2n) is 7.04. The fourth-order valence-corrected chi connectivity index (χ4v) is 3.49. The second kappa shape index (κ2) is 10.9. The Morgan fingerprint density at radius 3 is 2.48 bits per heavy atom. The summed E-state index contributed by atoms with van der Waals surface area (Å²) in [5.41, 5.74) is 0.460. The van der Waals surface area contributed by atoms with Crippen LogP contribution < -0.4 is 10.1 Å². The molecule has 0 spiro atoms. The van der Waals surface area contributed by atoms with Crippen molar-refractivity contribution in [2.45, 2.75) is 12.2 Å². The van der Waals surface area contributed by atoms with Crippen molar-refractivity contribution in [1.29, 1.82) is 0 Å². The molecule has 2 aromatic carbocycles. The average Bonchev–Trinajstić information content (AvgIpc) is 2.86. The van der Waals surface area contributed by atoms with Crippen LogP contribution in [0.15, 0.2) is 72.0 Å². The quantitative estimate of drug-likeness (QED) is 0.328. The van der Waals surface area contributed by atoms with Crippen LogP contribution in [-0.2, 0) is 21.8 Å². The number of nitrogens with one attached hydrogen (secondary N) is 1. The lowest BCUT2D eigenvalue weighted by molar-refractivity contribution is -0.114. The molecule has 0 aliphatic rings. The first-order valence-electron chi connectivity index (χ1n) is 10.0. The highest BCUT2D eigenvalue weighted by Gasteiger charge is 2.32. The van der Waals surface area contributed by atoms with Gasteiger partial charge in [-0.1, -0.05) is 71.4 Å². The molecule has 3 aromatic rings. The molecule has 3 rings (SSSR count). The maximum atomic E-state index is 12.2. The first-order chi connectivity index (χ1) is 15.9. The molecule has 0 saturated carbocycles. The maximum absolute atomic E-state index is 12.2. The van der Waals surface area contributed by atoms with E-state index in [0.717, 1.165) is 0 Å². The van der Waals surface area contributed by atoms with E-state index in [1.165, 1.54) is 26.4 Å². The summed E-state index contributed by atoms with van der Waals surface area (Å²) in [7, 11) is 2.86. The number of pyridine rings is 1. The topological polar surface area (TPSA) is 113 Å². The van der Waals surface area contributed by atoms with Crippen LogP contribution in [0.3, 0.4) is 0 Å². The molecule has 0 radical (unpaired) electrons. The number of amides is 1. The zero-order valence-corrected chi connectivity index (χ0v) is 18.9. The van der Waals surface area contributed by atoms with Crippen molar-refractivity contribution >= 4 is 23.2 Å². The van der Waals surface area contributed by atoms with Crippen LogP contribution in [0.2, 0.25) is 5.02 Å². The average molecular weight is 470 g/mol. The molecule has 0 fully saturated rings. The molecule has 33 heavy (non-hydrogen) atoms. The summed E-state index contributed by atoms with van der Waals surface area (Å²) in [4.78, 5) is 21.3. The Labute approximate surface area is 196 Å². The minimum absolute atomic E-state index is 0.0465. The summed E-state index contributed by atoms with van der Waals surface area (Å²) in [6, 6.07) is 17.3. The van der Waals surface area contributed by atoms with E-state index in [2.05, 4.69) is 15.5 Å². The van der Waals surface area contributed by atoms with E-state index in [9.17, 15) is 15.0 Å². The number of halogens is 1. The van der Waals surface area contributed by atoms with Crippen molar-refractivity contribution in [3.05, 3.63) is 94.1 Å². The van der Waals surface area contributed by atoms with Gasteiger partial charge in [-0.15, -0.1) is 0 Å². The lowest BCUT2D eigenvalue weighted by Crippen LogP contribution is -2.31. The molecule has 0 aliphatic carbocycles. The molecule has 172 valence electrons. The van der Waals surface area contributed by atoms with Gasteiger partial charge in [0.2, 0.25) is 5.88 Å². The van der Waals surface area contributed by atoms with Gasteiger partial charge in [0.15, 0.2) is 5.71 Å². The number of aliphatic hydroxyl groups excluding tert-OH is 1. The third kappa shape index (κ3) is 5.31. The first kappa shape index (κ1) is 24.2. The number of ether oxygens (including phenoxy) is 1. The molecule has 1 atom stereocenters. The van der Waals surface area contributed by atoms with Crippen LogP contribution in [-0.4, -0.2) is 47.6 Å². The van der Waals surface area contributed by atoms with Crippen molar-refractivity contribution < 1.29 is 24.6 Å². The van der Waals surface area contributed by atoms with E-state index >= 15 is 0 Å². The van der Waals surface area contributed by atoms with Crippen molar-refractivity contribution in [2.75, 3.05) is 20.8 Å². The third-order valence-corrected chi connectivity index (χ3v) is 5.30. The van der Waals surface area contributed by atoms with Crippen molar-refractivity contribution in [3.63, 3.8) is 0 Å². The zero-order valence-electron chi connectivity index (χ0n) is 18.2. The number of benzene rings is 2. The Hall–Kier alpha value is -3.46. The molecule has 0 saturated heterocycles. The van der Waals surface area contributed by atoms with Crippen LogP contribution in [0, 0.1) is 0 Å². The molecule has 9 heteroatoms. The van der Waals surface area contributed by atoms with Gasteiger partial charge in [0, 0.05) is 24.4 Å². The van der Waals surface area contributed by atoms with Gasteiger partial charge >= 0.3 is 0 Å². The fraction of sp³-hybridized carbons (Fsp3) is 0.208. The summed E-state index contributed by atoms with van der Waals surface area (Å²) in [6.45, 7) is -0.505. The number of carbonyl (C=O) groups excluding carboxylic acids is 1.